The van der Waals surface area contributed by atoms with Crippen LogP contribution in [0, 0.1) is 11.8 Å². The summed E-state index contributed by atoms with van der Waals surface area (Å²) in [6.07, 6.45) is 17.4. The van der Waals surface area contributed by atoms with E-state index in [2.05, 4.69) is 13.8 Å². The van der Waals surface area contributed by atoms with Gasteiger partial charge in [-0.3, -0.25) is 4.79 Å². The van der Waals surface area contributed by atoms with Crippen LogP contribution in [0.15, 0.2) is 0 Å². The van der Waals surface area contributed by atoms with Crippen LogP contribution in [0.3, 0.4) is 0 Å². The van der Waals surface area contributed by atoms with Gasteiger partial charge in [-0.1, -0.05) is 97.8 Å². The van der Waals surface area contributed by atoms with Crippen molar-refractivity contribution < 1.29 is 9.90 Å². The van der Waals surface area contributed by atoms with E-state index in [0.29, 0.717) is 5.92 Å². The average Bonchev–Trinajstić information content (AvgIpc) is 2.47. The first-order valence-electron chi connectivity index (χ1n) is 9.32. The molecule has 0 spiro atoms. The zero-order chi connectivity index (χ0) is 15.9. The number of rotatable bonds is 15. The molecule has 21 heavy (non-hydrogen) atoms. The highest BCUT2D eigenvalue weighted by atomic mass is 16.4. The third-order valence-electron chi connectivity index (χ3n) is 4.76. The van der Waals surface area contributed by atoms with Crippen LogP contribution >= 0.6 is 0 Å². The molecule has 0 aromatic carbocycles. The van der Waals surface area contributed by atoms with Gasteiger partial charge in [0.2, 0.25) is 0 Å². The largest absolute Gasteiger partial charge is 0.481 e. The molecule has 0 aromatic rings. The van der Waals surface area contributed by atoms with Crippen molar-refractivity contribution >= 4 is 5.97 Å². The molecule has 0 aliphatic heterocycles. The van der Waals surface area contributed by atoms with Gasteiger partial charge in [-0.25, -0.2) is 0 Å². The van der Waals surface area contributed by atoms with Gasteiger partial charge in [0.25, 0.3) is 0 Å². The van der Waals surface area contributed by atoms with E-state index in [1.807, 2.05) is 6.92 Å². The molecule has 0 rings (SSSR count). The van der Waals surface area contributed by atoms with E-state index < -0.39 is 5.97 Å². The molecule has 0 aliphatic carbocycles. The Hall–Kier alpha value is -0.530. The van der Waals surface area contributed by atoms with Crippen LogP contribution in [0.1, 0.15) is 104 Å². The first kappa shape index (κ1) is 20.5. The molecule has 0 amide bonds. The average molecular weight is 299 g/mol. The van der Waals surface area contributed by atoms with Crippen molar-refractivity contribution in [2.75, 3.05) is 0 Å². The van der Waals surface area contributed by atoms with Crippen LogP contribution in [0.4, 0.5) is 0 Å². The summed E-state index contributed by atoms with van der Waals surface area (Å²) in [4.78, 5) is 10.9. The predicted molar refractivity (Wildman–Crippen MR) is 91.7 cm³/mol. The zero-order valence-corrected chi connectivity index (χ0v) is 14.7. The van der Waals surface area contributed by atoms with Gasteiger partial charge in [0.15, 0.2) is 0 Å². The highest BCUT2D eigenvalue weighted by Gasteiger charge is 2.18. The van der Waals surface area contributed by atoms with Gasteiger partial charge in [0.05, 0.1) is 5.92 Å². The number of unbranched alkanes of at least 4 members (excludes halogenated alkanes) is 11. The number of carboxylic acids is 1. The summed E-state index contributed by atoms with van der Waals surface area (Å²) < 4.78 is 0. The second-order valence-electron chi connectivity index (χ2n) is 6.78. The molecule has 0 bridgehead atoms. The normalized spacial score (nSPS) is 14.0. The van der Waals surface area contributed by atoms with E-state index in [0.717, 1.165) is 6.42 Å². The molecule has 2 heteroatoms. The van der Waals surface area contributed by atoms with Crippen molar-refractivity contribution in [1.29, 1.82) is 0 Å². The first-order chi connectivity index (χ1) is 10.1. The molecule has 0 aromatic heterocycles. The first-order valence-corrected chi connectivity index (χ1v) is 9.32. The summed E-state index contributed by atoms with van der Waals surface area (Å²) >= 11 is 0. The fourth-order valence-electron chi connectivity index (χ4n) is 2.80. The number of carbonyl (C=O) groups is 1. The Kier molecular flexibility index (Phi) is 14.0. The summed E-state index contributed by atoms with van der Waals surface area (Å²) in [7, 11) is 0. The second-order valence-corrected chi connectivity index (χ2v) is 6.78. The lowest BCUT2D eigenvalue weighted by molar-refractivity contribution is -0.142. The summed E-state index contributed by atoms with van der Waals surface area (Å²) in [5, 5.41) is 8.94. The molecular formula is C19H38O2. The van der Waals surface area contributed by atoms with Crippen molar-refractivity contribution in [3.63, 3.8) is 0 Å². The van der Waals surface area contributed by atoms with E-state index in [-0.39, 0.29) is 5.92 Å². The van der Waals surface area contributed by atoms with Crippen LogP contribution in [0.25, 0.3) is 0 Å². The summed E-state index contributed by atoms with van der Waals surface area (Å²) in [5.74, 6) is -0.537. The van der Waals surface area contributed by atoms with Crippen LogP contribution < -0.4 is 0 Å². The Morgan fingerprint density at radius 3 is 1.52 bits per heavy atom. The number of hydrogen-bond acceptors (Lipinski definition) is 1. The molecule has 2 atom stereocenters. The predicted octanol–water partition coefficient (Wildman–Crippen LogP) is 6.43. The maximum absolute atomic E-state index is 10.9. The highest BCUT2D eigenvalue weighted by Crippen LogP contribution is 2.19. The molecule has 1 N–H and O–H groups in total. The molecule has 0 fully saturated rings. The molecular weight excluding hydrogens is 260 g/mol. The molecule has 0 saturated heterocycles. The van der Waals surface area contributed by atoms with Gasteiger partial charge in [-0.2, -0.15) is 0 Å². The summed E-state index contributed by atoms with van der Waals surface area (Å²) in [6, 6.07) is 0. The van der Waals surface area contributed by atoms with Crippen LogP contribution in [-0.2, 0) is 4.79 Å². The Balaban J connectivity index is 3.20. The zero-order valence-electron chi connectivity index (χ0n) is 14.7. The number of aliphatic carboxylic acids is 1. The maximum Gasteiger partial charge on any atom is 0.306 e. The van der Waals surface area contributed by atoms with Gasteiger partial charge < -0.3 is 5.11 Å². The topological polar surface area (TPSA) is 37.3 Å². The Labute approximate surface area is 132 Å². The summed E-state index contributed by atoms with van der Waals surface area (Å²) in [5.41, 5.74) is 0. The number of carboxylic acid groups (broad SMARTS) is 1. The smallest absolute Gasteiger partial charge is 0.306 e. The fraction of sp³-hybridized carbons (Fsp3) is 0.947. The van der Waals surface area contributed by atoms with Crippen LogP contribution in [0.5, 0.6) is 0 Å². The van der Waals surface area contributed by atoms with Gasteiger partial charge in [-0.15, -0.1) is 0 Å². The quantitative estimate of drug-likeness (QED) is 0.353. The lowest BCUT2D eigenvalue weighted by Gasteiger charge is -2.15. The standard InChI is InChI=1S/C19H38O2/c1-4-5-6-7-8-9-10-11-12-13-14-15-16-17(2)18(3)19(20)21/h17-18H,4-16H2,1-3H3,(H,20,21). The van der Waals surface area contributed by atoms with E-state index >= 15 is 0 Å². The van der Waals surface area contributed by atoms with E-state index in [4.69, 9.17) is 5.11 Å². The van der Waals surface area contributed by atoms with Crippen molar-refractivity contribution in [3.05, 3.63) is 0 Å². The van der Waals surface area contributed by atoms with Gasteiger partial charge in [0.1, 0.15) is 0 Å². The molecule has 2 unspecified atom stereocenters. The van der Waals surface area contributed by atoms with Crippen molar-refractivity contribution in [1.82, 2.24) is 0 Å². The minimum absolute atomic E-state index is 0.197. The molecule has 0 saturated carbocycles. The van der Waals surface area contributed by atoms with Crippen LogP contribution in [0.2, 0.25) is 0 Å². The van der Waals surface area contributed by atoms with Gasteiger partial charge in [-0.05, 0) is 12.3 Å². The molecule has 126 valence electrons. The lowest BCUT2D eigenvalue weighted by Crippen LogP contribution is -2.17. The molecule has 0 aliphatic rings. The maximum atomic E-state index is 10.9. The SMILES string of the molecule is CCCCCCCCCCCCCCC(C)C(C)C(=O)O. The van der Waals surface area contributed by atoms with Crippen molar-refractivity contribution in [2.24, 2.45) is 11.8 Å². The van der Waals surface area contributed by atoms with E-state index in [9.17, 15) is 4.79 Å². The number of hydrogen-bond donors (Lipinski definition) is 1. The fourth-order valence-corrected chi connectivity index (χ4v) is 2.80. The summed E-state index contributed by atoms with van der Waals surface area (Å²) in [6.45, 7) is 6.16. The minimum atomic E-state index is -0.651. The van der Waals surface area contributed by atoms with Gasteiger partial charge >= 0.3 is 5.97 Å². The third-order valence-corrected chi connectivity index (χ3v) is 4.76. The second kappa shape index (κ2) is 14.4. The molecule has 0 heterocycles. The van der Waals surface area contributed by atoms with Gasteiger partial charge in [0, 0.05) is 0 Å². The minimum Gasteiger partial charge on any atom is -0.481 e. The monoisotopic (exact) mass is 298 g/mol. The Morgan fingerprint density at radius 2 is 1.14 bits per heavy atom. The third kappa shape index (κ3) is 12.9. The Morgan fingerprint density at radius 1 is 0.762 bits per heavy atom. The van der Waals surface area contributed by atoms with Crippen molar-refractivity contribution in [3.8, 4) is 0 Å². The van der Waals surface area contributed by atoms with Crippen LogP contribution in [-0.4, -0.2) is 11.1 Å². The Bertz CT molecular complexity index is 238. The molecule has 0 radical (unpaired) electrons. The van der Waals surface area contributed by atoms with E-state index in [1.165, 1.54) is 77.0 Å². The van der Waals surface area contributed by atoms with E-state index in [1.54, 1.807) is 0 Å². The highest BCUT2D eigenvalue weighted by molar-refractivity contribution is 5.69. The lowest BCUT2D eigenvalue weighted by atomic mass is 9.90. The van der Waals surface area contributed by atoms with Crippen molar-refractivity contribution in [2.45, 2.75) is 104 Å². The molecule has 2 nitrogen and oxygen atoms in total.